The third kappa shape index (κ3) is 5.23. The first-order chi connectivity index (χ1) is 11.1. The molecule has 4 nitrogen and oxygen atoms in total. The van der Waals surface area contributed by atoms with Gasteiger partial charge in [0.1, 0.15) is 0 Å². The molecule has 1 unspecified atom stereocenters. The van der Waals surface area contributed by atoms with Crippen molar-refractivity contribution in [2.24, 2.45) is 10.9 Å². The van der Waals surface area contributed by atoms with Crippen LogP contribution in [0.5, 0.6) is 0 Å². The van der Waals surface area contributed by atoms with Crippen LogP contribution in [0.1, 0.15) is 39.3 Å². The van der Waals surface area contributed by atoms with Gasteiger partial charge in [-0.3, -0.25) is 9.98 Å². The maximum atomic E-state index is 4.51. The van der Waals surface area contributed by atoms with E-state index in [0.29, 0.717) is 12.6 Å². The molecule has 1 aromatic heterocycles. The van der Waals surface area contributed by atoms with Crippen LogP contribution in [0.4, 0.5) is 0 Å². The Morgan fingerprint density at radius 2 is 1.91 bits per heavy atom. The number of rotatable bonds is 6. The van der Waals surface area contributed by atoms with Crippen molar-refractivity contribution in [3.8, 4) is 0 Å². The van der Waals surface area contributed by atoms with Gasteiger partial charge in [-0.15, -0.1) is 0 Å². The molecule has 0 saturated carbocycles. The van der Waals surface area contributed by atoms with Gasteiger partial charge in [-0.2, -0.15) is 0 Å². The van der Waals surface area contributed by atoms with Crippen LogP contribution >= 0.6 is 0 Å². The molecule has 124 valence electrons. The maximum Gasteiger partial charge on any atom is 0.191 e. The lowest BCUT2D eigenvalue weighted by molar-refractivity contribution is 0.489. The maximum absolute atomic E-state index is 4.51. The topological polar surface area (TPSA) is 49.3 Å². The quantitative estimate of drug-likeness (QED) is 0.631. The summed E-state index contributed by atoms with van der Waals surface area (Å²) in [6.07, 6.45) is 4.22. The number of nitrogens with zero attached hydrogens (tertiary/aromatic N) is 2. The minimum atomic E-state index is 0.407. The van der Waals surface area contributed by atoms with Gasteiger partial charge in [-0.25, -0.2) is 0 Å². The molecule has 2 rings (SSSR count). The summed E-state index contributed by atoms with van der Waals surface area (Å²) in [4.78, 5) is 8.82. The second-order valence-electron chi connectivity index (χ2n) is 6.42. The van der Waals surface area contributed by atoms with Crippen LogP contribution in [0, 0.1) is 5.92 Å². The van der Waals surface area contributed by atoms with Gasteiger partial charge < -0.3 is 10.6 Å². The predicted octanol–water partition coefficient (Wildman–Crippen LogP) is 3.72. The number of aliphatic imine (C=N–C) groups is 1. The third-order valence-corrected chi connectivity index (χ3v) is 3.96. The van der Waals surface area contributed by atoms with E-state index in [4.69, 9.17) is 0 Å². The lowest BCUT2D eigenvalue weighted by Crippen LogP contribution is -2.42. The van der Waals surface area contributed by atoms with Gasteiger partial charge in [-0.1, -0.05) is 38.1 Å². The fourth-order valence-electron chi connectivity index (χ4n) is 2.57. The molecule has 0 radical (unpaired) electrons. The van der Waals surface area contributed by atoms with Crippen LogP contribution in [-0.4, -0.2) is 24.0 Å². The van der Waals surface area contributed by atoms with Crippen LogP contribution in [0.15, 0.2) is 41.5 Å². The zero-order chi connectivity index (χ0) is 16.7. The van der Waals surface area contributed by atoms with Crippen LogP contribution < -0.4 is 10.6 Å². The number of fused-ring (bicyclic) bond motifs is 1. The zero-order valence-electron chi connectivity index (χ0n) is 14.6. The third-order valence-electron chi connectivity index (χ3n) is 3.96. The monoisotopic (exact) mass is 312 g/mol. The number of aromatic nitrogens is 1. The van der Waals surface area contributed by atoms with E-state index in [2.05, 4.69) is 65.6 Å². The van der Waals surface area contributed by atoms with Gasteiger partial charge in [0.2, 0.25) is 0 Å². The summed E-state index contributed by atoms with van der Waals surface area (Å²) in [6.45, 7) is 7.38. The van der Waals surface area contributed by atoms with Crippen molar-refractivity contribution < 1.29 is 0 Å². The summed E-state index contributed by atoms with van der Waals surface area (Å²) in [5.74, 6) is 1.56. The van der Waals surface area contributed by atoms with E-state index in [1.165, 1.54) is 17.2 Å². The molecule has 4 heteroatoms. The van der Waals surface area contributed by atoms with E-state index in [1.807, 2.05) is 12.3 Å². The van der Waals surface area contributed by atoms with E-state index in [1.54, 1.807) is 7.05 Å². The Morgan fingerprint density at radius 1 is 1.13 bits per heavy atom. The summed E-state index contributed by atoms with van der Waals surface area (Å²) in [6, 6.07) is 10.8. The molecular formula is C19H28N4. The molecule has 0 bridgehead atoms. The number of hydrogen-bond donors (Lipinski definition) is 2. The minimum absolute atomic E-state index is 0.407. The first kappa shape index (κ1) is 17.3. The van der Waals surface area contributed by atoms with Crippen molar-refractivity contribution in [3.05, 3.63) is 42.2 Å². The second kappa shape index (κ2) is 8.51. The fraction of sp³-hybridized carbons (Fsp3) is 0.474. The van der Waals surface area contributed by atoms with Crippen LogP contribution in [0.2, 0.25) is 0 Å². The molecule has 0 fully saturated rings. The number of nitrogens with one attached hydrogen (secondary N) is 2. The minimum Gasteiger partial charge on any atom is -0.354 e. The van der Waals surface area contributed by atoms with E-state index in [0.717, 1.165) is 24.0 Å². The number of pyridine rings is 1. The molecule has 0 amide bonds. The molecule has 0 saturated heterocycles. The van der Waals surface area contributed by atoms with E-state index < -0.39 is 0 Å². The highest BCUT2D eigenvalue weighted by Crippen LogP contribution is 2.15. The number of benzene rings is 1. The van der Waals surface area contributed by atoms with Crippen LogP contribution in [-0.2, 0) is 6.54 Å². The van der Waals surface area contributed by atoms with Crippen molar-refractivity contribution in [3.63, 3.8) is 0 Å². The normalized spacial score (nSPS) is 13.3. The summed E-state index contributed by atoms with van der Waals surface area (Å²) >= 11 is 0. The SMILES string of the molecule is CN=C(NCc1nccc2ccccc12)NC(C)CCC(C)C. The Hall–Kier alpha value is -2.10. The molecule has 0 aliphatic rings. The van der Waals surface area contributed by atoms with Crippen LogP contribution in [0.3, 0.4) is 0 Å². The van der Waals surface area contributed by atoms with Crippen molar-refractivity contribution in [2.75, 3.05) is 7.05 Å². The standard InChI is InChI=1S/C19H28N4/c1-14(2)9-10-15(3)23-19(20-4)22-13-18-17-8-6-5-7-16(17)11-12-21-18/h5-8,11-12,14-15H,9-10,13H2,1-4H3,(H2,20,22,23). The Kier molecular flexibility index (Phi) is 6.39. The van der Waals surface area contributed by atoms with Crippen molar-refractivity contribution in [1.29, 1.82) is 0 Å². The highest BCUT2D eigenvalue weighted by atomic mass is 15.2. The molecule has 0 spiro atoms. The number of hydrogen-bond acceptors (Lipinski definition) is 2. The smallest absolute Gasteiger partial charge is 0.191 e. The van der Waals surface area contributed by atoms with Gasteiger partial charge in [0.05, 0.1) is 12.2 Å². The fourth-order valence-corrected chi connectivity index (χ4v) is 2.57. The Balaban J connectivity index is 1.95. The molecule has 0 aliphatic heterocycles. The van der Waals surface area contributed by atoms with Gasteiger partial charge in [0.15, 0.2) is 5.96 Å². The van der Waals surface area contributed by atoms with Gasteiger partial charge in [-0.05, 0) is 37.1 Å². The van der Waals surface area contributed by atoms with Crippen molar-refractivity contribution in [2.45, 2.75) is 46.2 Å². The predicted molar refractivity (Wildman–Crippen MR) is 98.6 cm³/mol. The van der Waals surface area contributed by atoms with E-state index >= 15 is 0 Å². The highest BCUT2D eigenvalue weighted by Gasteiger charge is 2.07. The Labute approximate surface area is 139 Å². The van der Waals surface area contributed by atoms with Crippen molar-refractivity contribution in [1.82, 2.24) is 15.6 Å². The molecule has 1 heterocycles. The Bertz CT molecular complexity index is 643. The highest BCUT2D eigenvalue weighted by molar-refractivity contribution is 5.85. The second-order valence-corrected chi connectivity index (χ2v) is 6.42. The first-order valence-electron chi connectivity index (χ1n) is 8.40. The lowest BCUT2D eigenvalue weighted by atomic mass is 10.0. The summed E-state index contributed by atoms with van der Waals surface area (Å²) < 4.78 is 0. The largest absolute Gasteiger partial charge is 0.354 e. The molecule has 23 heavy (non-hydrogen) atoms. The molecule has 2 N–H and O–H groups in total. The summed E-state index contributed by atoms with van der Waals surface area (Å²) in [7, 11) is 1.81. The summed E-state index contributed by atoms with van der Waals surface area (Å²) in [5.41, 5.74) is 1.04. The van der Waals surface area contributed by atoms with E-state index in [-0.39, 0.29) is 0 Å². The molecule has 0 aliphatic carbocycles. The molecule has 1 aromatic carbocycles. The summed E-state index contributed by atoms with van der Waals surface area (Å²) in [5, 5.41) is 9.23. The first-order valence-corrected chi connectivity index (χ1v) is 8.40. The Morgan fingerprint density at radius 3 is 2.65 bits per heavy atom. The van der Waals surface area contributed by atoms with Crippen molar-refractivity contribution >= 4 is 16.7 Å². The van der Waals surface area contributed by atoms with Gasteiger partial charge >= 0.3 is 0 Å². The molecule has 1 atom stereocenters. The van der Waals surface area contributed by atoms with Gasteiger partial charge in [0.25, 0.3) is 0 Å². The van der Waals surface area contributed by atoms with E-state index in [9.17, 15) is 0 Å². The average Bonchev–Trinajstić information content (AvgIpc) is 2.56. The molecule has 2 aromatic rings. The zero-order valence-corrected chi connectivity index (χ0v) is 14.6. The average molecular weight is 312 g/mol. The van der Waals surface area contributed by atoms with Crippen LogP contribution in [0.25, 0.3) is 10.8 Å². The van der Waals surface area contributed by atoms with Gasteiger partial charge in [0, 0.05) is 24.7 Å². The molecular weight excluding hydrogens is 284 g/mol. The lowest BCUT2D eigenvalue weighted by Gasteiger charge is -2.19. The number of guanidine groups is 1.